The van der Waals surface area contributed by atoms with Crippen molar-refractivity contribution in [1.82, 2.24) is 0 Å². The maximum Gasteiger partial charge on any atom is 0.175 e. The van der Waals surface area contributed by atoms with Crippen LogP contribution in [0.2, 0.25) is 0 Å². The van der Waals surface area contributed by atoms with Crippen LogP contribution in [0.15, 0.2) is 12.1 Å². The Balaban J connectivity index is 3.56. The van der Waals surface area contributed by atoms with Crippen molar-refractivity contribution >= 4 is 28.0 Å². The van der Waals surface area contributed by atoms with E-state index in [0.717, 1.165) is 0 Å². The quantitative estimate of drug-likeness (QED) is 0.481. The number of ketones is 1. The minimum Gasteiger partial charge on any atom is -0.495 e. The first-order chi connectivity index (χ1) is 7.69. The van der Waals surface area contributed by atoms with Gasteiger partial charge in [-0.2, -0.15) is 5.26 Å². The highest BCUT2D eigenvalue weighted by Gasteiger charge is 2.19. The first-order valence-corrected chi connectivity index (χ1v) is 5.47. The Kier molecular flexibility index (Phi) is 4.20. The number of nitrogens with zero attached hydrogens (tertiary/aromatic N) is 1. The molecule has 0 unspecified atom stereocenters. The van der Waals surface area contributed by atoms with Crippen LogP contribution in [0.3, 0.4) is 0 Å². The van der Waals surface area contributed by atoms with Gasteiger partial charge in [-0.3, -0.25) is 9.59 Å². The second-order valence-electron chi connectivity index (χ2n) is 2.89. The van der Waals surface area contributed by atoms with Gasteiger partial charge in [0.1, 0.15) is 17.4 Å². The van der Waals surface area contributed by atoms with Gasteiger partial charge in [0.2, 0.25) is 0 Å². The highest BCUT2D eigenvalue weighted by molar-refractivity contribution is 9.09. The number of rotatable bonds is 4. The molecule has 82 valence electrons. The number of methoxy groups -OCH3 is 1. The van der Waals surface area contributed by atoms with E-state index in [2.05, 4.69) is 15.9 Å². The molecular formula is C11H8BrNO3. The fourth-order valence-electron chi connectivity index (χ4n) is 1.35. The topological polar surface area (TPSA) is 67.2 Å². The number of carbonyl (C=O) groups is 2. The third-order valence-electron chi connectivity index (χ3n) is 2.06. The minimum absolute atomic E-state index is 0.0513. The fraction of sp³-hybridized carbons (Fsp3) is 0.182. The van der Waals surface area contributed by atoms with Gasteiger partial charge in [0, 0.05) is 5.56 Å². The molecule has 1 rings (SSSR count). The van der Waals surface area contributed by atoms with E-state index in [9.17, 15) is 9.59 Å². The Bertz CT molecular complexity index is 477. The number of alkyl halides is 1. The Labute approximate surface area is 101 Å². The van der Waals surface area contributed by atoms with Crippen molar-refractivity contribution < 1.29 is 14.3 Å². The number of halogens is 1. The van der Waals surface area contributed by atoms with Crippen LogP contribution in [0.4, 0.5) is 0 Å². The summed E-state index contributed by atoms with van der Waals surface area (Å²) in [4.78, 5) is 22.4. The summed E-state index contributed by atoms with van der Waals surface area (Å²) in [5.74, 6) is -0.0325. The molecule has 4 nitrogen and oxygen atoms in total. The van der Waals surface area contributed by atoms with Crippen LogP contribution in [0.5, 0.6) is 5.75 Å². The van der Waals surface area contributed by atoms with Crippen molar-refractivity contribution in [2.24, 2.45) is 0 Å². The molecule has 0 saturated carbocycles. The van der Waals surface area contributed by atoms with E-state index in [1.807, 2.05) is 6.07 Å². The molecule has 5 heteroatoms. The molecule has 1 aromatic rings. The Hall–Kier alpha value is -1.67. The average molecular weight is 282 g/mol. The Morgan fingerprint density at radius 2 is 2.31 bits per heavy atom. The molecule has 0 aliphatic carbocycles. The zero-order chi connectivity index (χ0) is 12.1. The summed E-state index contributed by atoms with van der Waals surface area (Å²) in [5, 5.41) is 9.03. The van der Waals surface area contributed by atoms with Gasteiger partial charge < -0.3 is 4.74 Å². The number of nitriles is 1. The van der Waals surface area contributed by atoms with Gasteiger partial charge in [0.25, 0.3) is 0 Å². The van der Waals surface area contributed by atoms with Gasteiger partial charge in [0.05, 0.1) is 18.0 Å². The Morgan fingerprint density at radius 1 is 1.62 bits per heavy atom. The van der Waals surface area contributed by atoms with Crippen molar-refractivity contribution in [3.8, 4) is 11.8 Å². The lowest BCUT2D eigenvalue weighted by molar-refractivity contribution is 0.101. The van der Waals surface area contributed by atoms with Crippen molar-refractivity contribution in [2.45, 2.75) is 0 Å². The van der Waals surface area contributed by atoms with Gasteiger partial charge in [0.15, 0.2) is 12.1 Å². The Morgan fingerprint density at radius 3 is 2.75 bits per heavy atom. The lowest BCUT2D eigenvalue weighted by atomic mass is 9.98. The maximum absolute atomic E-state index is 11.6. The van der Waals surface area contributed by atoms with E-state index in [0.29, 0.717) is 6.29 Å². The van der Waals surface area contributed by atoms with Gasteiger partial charge in [-0.1, -0.05) is 15.9 Å². The largest absolute Gasteiger partial charge is 0.495 e. The highest BCUT2D eigenvalue weighted by atomic mass is 79.9. The predicted molar refractivity (Wildman–Crippen MR) is 61.2 cm³/mol. The molecule has 0 spiro atoms. The van der Waals surface area contributed by atoms with E-state index in [4.69, 9.17) is 10.00 Å². The van der Waals surface area contributed by atoms with Crippen LogP contribution in [0.1, 0.15) is 26.3 Å². The normalized spacial score (nSPS) is 9.31. The van der Waals surface area contributed by atoms with Crippen molar-refractivity contribution in [1.29, 1.82) is 5.26 Å². The highest BCUT2D eigenvalue weighted by Crippen LogP contribution is 2.25. The number of Topliss-reactive ketones (excluding diaryl/α,β-unsaturated/α-hetero) is 1. The molecule has 0 aliphatic rings. The molecule has 16 heavy (non-hydrogen) atoms. The van der Waals surface area contributed by atoms with Crippen molar-refractivity contribution in [3.05, 3.63) is 28.8 Å². The molecule has 0 aliphatic heterocycles. The van der Waals surface area contributed by atoms with Crippen molar-refractivity contribution in [3.63, 3.8) is 0 Å². The summed E-state index contributed by atoms with van der Waals surface area (Å²) in [7, 11) is 1.40. The number of hydrogen-bond acceptors (Lipinski definition) is 4. The lowest BCUT2D eigenvalue weighted by Crippen LogP contribution is -2.08. The summed E-state index contributed by atoms with van der Waals surface area (Å²) in [6, 6.07) is 4.83. The van der Waals surface area contributed by atoms with Crippen LogP contribution in [-0.2, 0) is 0 Å². The summed E-state index contributed by atoms with van der Waals surface area (Å²) >= 11 is 3.01. The average Bonchev–Trinajstić information content (AvgIpc) is 2.35. The molecule has 0 radical (unpaired) electrons. The molecule has 1 aromatic carbocycles. The minimum atomic E-state index is -0.322. The molecule has 0 heterocycles. The predicted octanol–water partition coefficient (Wildman–Crippen LogP) is 1.96. The zero-order valence-corrected chi connectivity index (χ0v) is 10.1. The van der Waals surface area contributed by atoms with Gasteiger partial charge >= 0.3 is 0 Å². The summed E-state index contributed by atoms with van der Waals surface area (Å²) < 4.78 is 4.97. The fourth-order valence-corrected chi connectivity index (χ4v) is 1.63. The molecule has 0 fully saturated rings. The summed E-state index contributed by atoms with van der Waals surface area (Å²) in [5.41, 5.74) is 0.395. The van der Waals surface area contributed by atoms with Crippen molar-refractivity contribution in [2.75, 3.05) is 12.4 Å². The molecule has 0 aromatic heterocycles. The summed E-state index contributed by atoms with van der Waals surface area (Å²) in [6.07, 6.45) is 0.552. The smallest absolute Gasteiger partial charge is 0.175 e. The standard InChI is InChI=1S/C11H8BrNO3/c1-16-10-3-2-7(6-14)11(8(10)5-13)9(15)4-12/h2-3,6H,4H2,1H3. The van der Waals surface area contributed by atoms with Gasteiger partial charge in [-0.05, 0) is 12.1 Å². The van der Waals surface area contributed by atoms with E-state index in [-0.39, 0.29) is 33.6 Å². The SMILES string of the molecule is COc1ccc(C=O)c(C(=O)CBr)c1C#N. The molecule has 0 saturated heterocycles. The van der Waals surface area contributed by atoms with Crippen LogP contribution in [0.25, 0.3) is 0 Å². The van der Waals surface area contributed by atoms with Crippen LogP contribution >= 0.6 is 15.9 Å². The summed E-state index contributed by atoms with van der Waals surface area (Å²) in [6.45, 7) is 0. The van der Waals surface area contributed by atoms with Crippen LogP contribution < -0.4 is 4.74 Å². The third-order valence-corrected chi connectivity index (χ3v) is 2.57. The molecule has 0 bridgehead atoms. The van der Waals surface area contributed by atoms with Crippen LogP contribution in [0, 0.1) is 11.3 Å². The van der Waals surface area contributed by atoms with E-state index in [1.54, 1.807) is 0 Å². The lowest BCUT2D eigenvalue weighted by Gasteiger charge is -2.08. The second-order valence-corrected chi connectivity index (χ2v) is 3.45. The van der Waals surface area contributed by atoms with E-state index >= 15 is 0 Å². The molecule has 0 N–H and O–H groups in total. The van der Waals surface area contributed by atoms with Gasteiger partial charge in [-0.15, -0.1) is 0 Å². The van der Waals surface area contributed by atoms with E-state index in [1.165, 1.54) is 19.2 Å². The van der Waals surface area contributed by atoms with Gasteiger partial charge in [-0.25, -0.2) is 0 Å². The third kappa shape index (κ3) is 2.12. The number of ether oxygens (including phenoxy) is 1. The molecular weight excluding hydrogens is 274 g/mol. The number of hydrogen-bond donors (Lipinski definition) is 0. The first kappa shape index (κ1) is 12.4. The zero-order valence-electron chi connectivity index (χ0n) is 8.49. The first-order valence-electron chi connectivity index (χ1n) is 4.35. The number of benzene rings is 1. The monoisotopic (exact) mass is 281 g/mol. The molecule has 0 atom stereocenters. The number of aldehydes is 1. The van der Waals surface area contributed by atoms with E-state index < -0.39 is 0 Å². The molecule has 0 amide bonds. The maximum atomic E-state index is 11.6. The van der Waals surface area contributed by atoms with Crippen LogP contribution in [-0.4, -0.2) is 24.5 Å². The number of carbonyl (C=O) groups excluding carboxylic acids is 2. The second kappa shape index (κ2) is 5.42.